The number of amides is 1. The van der Waals surface area contributed by atoms with Crippen LogP contribution in [-0.4, -0.2) is 50.7 Å². The Bertz CT molecular complexity index is 1330. The van der Waals surface area contributed by atoms with Gasteiger partial charge < -0.3 is 24.3 Å². The van der Waals surface area contributed by atoms with Gasteiger partial charge in [-0.3, -0.25) is 4.79 Å². The third-order valence-electron chi connectivity index (χ3n) is 5.81. The zero-order chi connectivity index (χ0) is 25.5. The molecule has 8 nitrogen and oxygen atoms in total. The molecule has 1 aromatic heterocycles. The molecular weight excluding hydrogens is 458 g/mol. The molecule has 36 heavy (non-hydrogen) atoms. The highest BCUT2D eigenvalue weighted by atomic mass is 16.5. The standard InChI is InChI=1S/C28H29N3O5/c1-33-21-10-12-25(35-3)19(16-21)14-15-29-28(32)24-18-31(20-8-6-5-7-9-20)30-27(24)23-17-22(34-2)11-13-26(23)36-4/h5-13,16-18H,14-15H2,1-4H3,(H,29,32). The predicted molar refractivity (Wildman–Crippen MR) is 138 cm³/mol. The van der Waals surface area contributed by atoms with Gasteiger partial charge in [0, 0.05) is 18.3 Å². The van der Waals surface area contributed by atoms with Crippen molar-refractivity contribution < 1.29 is 23.7 Å². The summed E-state index contributed by atoms with van der Waals surface area (Å²) in [6, 6.07) is 20.6. The first-order valence-corrected chi connectivity index (χ1v) is 11.4. The summed E-state index contributed by atoms with van der Waals surface area (Å²) in [6.07, 6.45) is 2.29. The Morgan fingerprint density at radius 1 is 0.833 bits per heavy atom. The molecule has 8 heteroatoms. The van der Waals surface area contributed by atoms with E-state index in [-0.39, 0.29) is 5.91 Å². The van der Waals surface area contributed by atoms with Crippen LogP contribution < -0.4 is 24.3 Å². The van der Waals surface area contributed by atoms with Crippen LogP contribution in [0, 0.1) is 0 Å². The van der Waals surface area contributed by atoms with Crippen molar-refractivity contribution in [1.82, 2.24) is 15.1 Å². The number of para-hydroxylation sites is 1. The van der Waals surface area contributed by atoms with Crippen LogP contribution in [0.5, 0.6) is 23.0 Å². The fourth-order valence-electron chi connectivity index (χ4n) is 3.93. The van der Waals surface area contributed by atoms with Crippen molar-refractivity contribution >= 4 is 5.91 Å². The summed E-state index contributed by atoms with van der Waals surface area (Å²) in [7, 11) is 6.41. The summed E-state index contributed by atoms with van der Waals surface area (Å²) in [5.41, 5.74) is 3.34. The number of carbonyl (C=O) groups is 1. The van der Waals surface area contributed by atoms with Crippen molar-refractivity contribution in [1.29, 1.82) is 0 Å². The average Bonchev–Trinajstić information content (AvgIpc) is 3.38. The SMILES string of the molecule is COc1ccc(OC)c(CCNC(=O)c2cn(-c3ccccc3)nc2-c2cc(OC)ccc2OC)c1. The molecule has 4 aromatic rings. The number of nitrogens with zero attached hydrogens (tertiary/aromatic N) is 2. The molecular formula is C28H29N3O5. The van der Waals surface area contributed by atoms with Gasteiger partial charge in [0.2, 0.25) is 0 Å². The third-order valence-corrected chi connectivity index (χ3v) is 5.81. The second kappa shape index (κ2) is 11.3. The Hall–Kier alpha value is -4.46. The number of methoxy groups -OCH3 is 4. The quantitative estimate of drug-likeness (QED) is 0.353. The van der Waals surface area contributed by atoms with Crippen LogP contribution in [0.2, 0.25) is 0 Å². The van der Waals surface area contributed by atoms with Crippen molar-refractivity contribution in [3.05, 3.63) is 84.1 Å². The molecule has 0 radical (unpaired) electrons. The highest BCUT2D eigenvalue weighted by Gasteiger charge is 2.22. The van der Waals surface area contributed by atoms with Gasteiger partial charge in [0.15, 0.2) is 0 Å². The van der Waals surface area contributed by atoms with Gasteiger partial charge in [-0.25, -0.2) is 4.68 Å². The summed E-state index contributed by atoms with van der Waals surface area (Å²) in [4.78, 5) is 13.4. The van der Waals surface area contributed by atoms with E-state index in [0.29, 0.717) is 41.3 Å². The van der Waals surface area contributed by atoms with E-state index in [1.165, 1.54) is 0 Å². The molecule has 0 aliphatic heterocycles. The van der Waals surface area contributed by atoms with Crippen LogP contribution >= 0.6 is 0 Å². The van der Waals surface area contributed by atoms with Crippen LogP contribution in [0.3, 0.4) is 0 Å². The molecule has 3 aromatic carbocycles. The van der Waals surface area contributed by atoms with Crippen molar-refractivity contribution in [2.45, 2.75) is 6.42 Å². The summed E-state index contributed by atoms with van der Waals surface area (Å²) in [6.45, 7) is 0.396. The molecule has 1 N–H and O–H groups in total. The van der Waals surface area contributed by atoms with E-state index in [2.05, 4.69) is 5.32 Å². The normalized spacial score (nSPS) is 10.6. The Labute approximate surface area is 210 Å². The lowest BCUT2D eigenvalue weighted by Crippen LogP contribution is -2.26. The molecule has 4 rings (SSSR count). The summed E-state index contributed by atoms with van der Waals surface area (Å²) < 4.78 is 23.5. The van der Waals surface area contributed by atoms with Crippen LogP contribution in [0.4, 0.5) is 0 Å². The minimum atomic E-state index is -0.251. The van der Waals surface area contributed by atoms with Gasteiger partial charge in [0.1, 0.15) is 28.7 Å². The smallest absolute Gasteiger partial charge is 0.255 e. The molecule has 0 fully saturated rings. The van der Waals surface area contributed by atoms with E-state index in [9.17, 15) is 4.79 Å². The number of aromatic nitrogens is 2. The zero-order valence-corrected chi connectivity index (χ0v) is 20.8. The molecule has 0 saturated carbocycles. The van der Waals surface area contributed by atoms with Gasteiger partial charge in [-0.15, -0.1) is 0 Å². The summed E-state index contributed by atoms with van der Waals surface area (Å²) >= 11 is 0. The molecule has 1 amide bonds. The fourth-order valence-corrected chi connectivity index (χ4v) is 3.93. The molecule has 0 aliphatic carbocycles. The second-order valence-corrected chi connectivity index (χ2v) is 7.92. The lowest BCUT2D eigenvalue weighted by Gasteiger charge is -2.12. The van der Waals surface area contributed by atoms with E-state index < -0.39 is 0 Å². The molecule has 0 saturated heterocycles. The first kappa shape index (κ1) is 24.7. The predicted octanol–water partition coefficient (Wildman–Crippen LogP) is 4.55. The van der Waals surface area contributed by atoms with E-state index in [0.717, 1.165) is 22.7 Å². The maximum Gasteiger partial charge on any atom is 0.255 e. The first-order chi connectivity index (χ1) is 17.6. The van der Waals surface area contributed by atoms with Crippen molar-refractivity contribution in [2.24, 2.45) is 0 Å². The molecule has 0 spiro atoms. The Kier molecular flexibility index (Phi) is 7.75. The van der Waals surface area contributed by atoms with Gasteiger partial charge in [-0.2, -0.15) is 5.10 Å². The average molecular weight is 488 g/mol. The fraction of sp³-hybridized carbons (Fsp3) is 0.214. The van der Waals surface area contributed by atoms with Crippen LogP contribution in [0.15, 0.2) is 72.9 Å². The monoisotopic (exact) mass is 487 g/mol. The van der Waals surface area contributed by atoms with Gasteiger partial charge in [0.25, 0.3) is 5.91 Å². The highest BCUT2D eigenvalue weighted by Crippen LogP contribution is 2.35. The van der Waals surface area contributed by atoms with E-state index in [4.69, 9.17) is 24.0 Å². The van der Waals surface area contributed by atoms with Gasteiger partial charge in [-0.05, 0) is 60.5 Å². The van der Waals surface area contributed by atoms with Crippen LogP contribution in [-0.2, 0) is 6.42 Å². The Balaban J connectivity index is 1.65. The number of rotatable bonds is 10. The second-order valence-electron chi connectivity index (χ2n) is 7.92. The molecule has 186 valence electrons. The van der Waals surface area contributed by atoms with Crippen molar-refractivity contribution in [3.63, 3.8) is 0 Å². The molecule has 1 heterocycles. The van der Waals surface area contributed by atoms with Crippen LogP contribution in [0.1, 0.15) is 15.9 Å². The van der Waals surface area contributed by atoms with E-state index in [1.807, 2.05) is 54.6 Å². The van der Waals surface area contributed by atoms with Crippen LogP contribution in [0.25, 0.3) is 16.9 Å². The Morgan fingerprint density at radius 3 is 2.17 bits per heavy atom. The molecule has 0 bridgehead atoms. The number of nitrogens with one attached hydrogen (secondary N) is 1. The van der Waals surface area contributed by atoms with Gasteiger partial charge >= 0.3 is 0 Å². The number of benzene rings is 3. The number of ether oxygens (including phenoxy) is 4. The van der Waals surface area contributed by atoms with E-state index in [1.54, 1.807) is 51.5 Å². The first-order valence-electron chi connectivity index (χ1n) is 11.4. The lowest BCUT2D eigenvalue weighted by atomic mass is 10.1. The number of hydrogen-bond acceptors (Lipinski definition) is 6. The zero-order valence-electron chi connectivity index (χ0n) is 20.8. The maximum atomic E-state index is 13.4. The third kappa shape index (κ3) is 5.27. The molecule has 0 unspecified atom stereocenters. The largest absolute Gasteiger partial charge is 0.497 e. The highest BCUT2D eigenvalue weighted by molar-refractivity contribution is 6.00. The van der Waals surface area contributed by atoms with E-state index >= 15 is 0 Å². The van der Waals surface area contributed by atoms with Gasteiger partial charge in [0.05, 0.1) is 39.7 Å². The summed E-state index contributed by atoms with van der Waals surface area (Å²) in [5.74, 6) is 2.44. The molecule has 0 atom stereocenters. The molecule has 0 aliphatic rings. The van der Waals surface area contributed by atoms with Crippen molar-refractivity contribution in [3.8, 4) is 39.9 Å². The Morgan fingerprint density at radius 2 is 1.50 bits per heavy atom. The number of hydrogen-bond donors (Lipinski definition) is 1. The summed E-state index contributed by atoms with van der Waals surface area (Å²) in [5, 5.41) is 7.77. The minimum Gasteiger partial charge on any atom is -0.497 e. The lowest BCUT2D eigenvalue weighted by molar-refractivity contribution is 0.0954. The maximum absolute atomic E-state index is 13.4. The topological polar surface area (TPSA) is 83.8 Å². The number of carbonyl (C=O) groups excluding carboxylic acids is 1. The van der Waals surface area contributed by atoms with Crippen molar-refractivity contribution in [2.75, 3.05) is 35.0 Å². The minimum absolute atomic E-state index is 0.251. The van der Waals surface area contributed by atoms with Gasteiger partial charge in [-0.1, -0.05) is 18.2 Å².